The summed E-state index contributed by atoms with van der Waals surface area (Å²) in [6, 6.07) is 0. The molecule has 0 aromatic rings. The zero-order valence-corrected chi connectivity index (χ0v) is 12.5. The highest BCUT2D eigenvalue weighted by atomic mass is 32.2. The van der Waals surface area contributed by atoms with Crippen LogP contribution in [-0.4, -0.2) is 45.0 Å². The van der Waals surface area contributed by atoms with Gasteiger partial charge in [0, 0.05) is 18.2 Å². The van der Waals surface area contributed by atoms with Crippen molar-refractivity contribution in [1.82, 2.24) is 10.6 Å². The second-order valence-corrected chi connectivity index (χ2v) is 8.67. The third-order valence-corrected chi connectivity index (χ3v) is 6.09. The molecule has 1 fully saturated rings. The molecule has 1 aliphatic heterocycles. The first-order valence-electron chi connectivity index (χ1n) is 6.27. The second-order valence-electron chi connectivity index (χ2n) is 6.03. The summed E-state index contributed by atoms with van der Waals surface area (Å²) in [7, 11) is -3.18. The fourth-order valence-electron chi connectivity index (χ4n) is 1.84. The van der Waals surface area contributed by atoms with Crippen LogP contribution in [0.15, 0.2) is 0 Å². The number of hydrogen-bond donors (Lipinski definition) is 2. The fourth-order valence-corrected chi connectivity index (χ4v) is 2.18. The van der Waals surface area contributed by atoms with Gasteiger partial charge in [0.05, 0.1) is 4.75 Å². The van der Waals surface area contributed by atoms with Crippen molar-refractivity contribution in [2.24, 2.45) is 5.41 Å². The Morgan fingerprint density at radius 3 is 2.28 bits per heavy atom. The lowest BCUT2D eigenvalue weighted by atomic mass is 9.80. The number of hydrogen-bond acceptors (Lipinski definition) is 4. The molecule has 0 spiro atoms. The average Bonchev–Trinajstić information content (AvgIpc) is 2.25. The lowest BCUT2D eigenvalue weighted by Crippen LogP contribution is -2.50. The Bertz CT molecular complexity index is 409. The number of carbonyl (C=O) groups excluding carboxylic acids is 1. The zero-order chi connectivity index (χ0) is 14.0. The first kappa shape index (κ1) is 15.4. The third-order valence-electron chi connectivity index (χ3n) is 3.93. The minimum Gasteiger partial charge on any atom is -0.354 e. The Balaban J connectivity index is 2.61. The Kier molecular flexibility index (Phi) is 4.43. The molecule has 1 saturated heterocycles. The van der Waals surface area contributed by atoms with Gasteiger partial charge < -0.3 is 10.6 Å². The number of amides is 1. The van der Waals surface area contributed by atoms with Gasteiger partial charge in [-0.1, -0.05) is 6.92 Å². The van der Waals surface area contributed by atoms with Crippen molar-refractivity contribution in [3.8, 4) is 0 Å². The number of carbonyl (C=O) groups is 1. The van der Waals surface area contributed by atoms with E-state index in [0.29, 0.717) is 0 Å². The topological polar surface area (TPSA) is 75.3 Å². The minimum atomic E-state index is -3.18. The standard InChI is InChI=1S/C12H24N2O3S/c1-11(2,18(4,16)17)9-14-10(15)12(3)5-7-13-8-6-12/h13H,5-9H2,1-4H3,(H,14,15). The fraction of sp³-hybridized carbons (Fsp3) is 0.917. The molecule has 1 heterocycles. The van der Waals surface area contributed by atoms with Crippen LogP contribution >= 0.6 is 0 Å². The highest BCUT2D eigenvalue weighted by Gasteiger charge is 2.37. The molecule has 0 bridgehead atoms. The van der Waals surface area contributed by atoms with Crippen molar-refractivity contribution < 1.29 is 13.2 Å². The maximum Gasteiger partial charge on any atom is 0.226 e. The molecule has 0 saturated carbocycles. The molecule has 0 unspecified atom stereocenters. The van der Waals surface area contributed by atoms with E-state index in [1.807, 2.05) is 6.92 Å². The van der Waals surface area contributed by atoms with E-state index in [1.165, 1.54) is 6.26 Å². The van der Waals surface area contributed by atoms with E-state index in [-0.39, 0.29) is 17.9 Å². The predicted octanol–water partition coefficient (Wildman–Crippen LogP) is 0.316. The smallest absolute Gasteiger partial charge is 0.226 e. The first-order chi connectivity index (χ1) is 8.08. The molecular formula is C12H24N2O3S. The number of nitrogens with one attached hydrogen (secondary N) is 2. The van der Waals surface area contributed by atoms with Crippen LogP contribution in [0.3, 0.4) is 0 Å². The Labute approximate surface area is 110 Å². The molecule has 6 heteroatoms. The van der Waals surface area contributed by atoms with E-state index in [4.69, 9.17) is 0 Å². The molecule has 106 valence electrons. The van der Waals surface area contributed by atoms with Crippen LogP contribution in [0.2, 0.25) is 0 Å². The summed E-state index contributed by atoms with van der Waals surface area (Å²) >= 11 is 0. The molecule has 0 radical (unpaired) electrons. The van der Waals surface area contributed by atoms with Gasteiger partial charge in [-0.15, -0.1) is 0 Å². The summed E-state index contributed by atoms with van der Waals surface area (Å²) in [5.41, 5.74) is -0.376. The van der Waals surface area contributed by atoms with Gasteiger partial charge in [0.2, 0.25) is 5.91 Å². The Morgan fingerprint density at radius 1 is 1.33 bits per heavy atom. The van der Waals surface area contributed by atoms with E-state index < -0.39 is 14.6 Å². The highest BCUT2D eigenvalue weighted by Crippen LogP contribution is 2.28. The van der Waals surface area contributed by atoms with Crippen LogP contribution in [0, 0.1) is 5.41 Å². The molecule has 0 aromatic carbocycles. The normalized spacial score (nSPS) is 20.4. The summed E-state index contributed by atoms with van der Waals surface area (Å²) in [6.45, 7) is 7.03. The van der Waals surface area contributed by atoms with Crippen LogP contribution in [0.25, 0.3) is 0 Å². The third kappa shape index (κ3) is 3.45. The monoisotopic (exact) mass is 276 g/mol. The van der Waals surface area contributed by atoms with Gasteiger partial charge >= 0.3 is 0 Å². The van der Waals surface area contributed by atoms with E-state index >= 15 is 0 Å². The lowest BCUT2D eigenvalue weighted by Gasteiger charge is -2.34. The summed E-state index contributed by atoms with van der Waals surface area (Å²) in [6.07, 6.45) is 2.78. The Morgan fingerprint density at radius 2 is 1.83 bits per heavy atom. The quantitative estimate of drug-likeness (QED) is 0.775. The van der Waals surface area contributed by atoms with Crippen molar-refractivity contribution in [2.45, 2.75) is 38.4 Å². The maximum absolute atomic E-state index is 12.2. The molecule has 0 aromatic heterocycles. The van der Waals surface area contributed by atoms with E-state index in [1.54, 1.807) is 13.8 Å². The SMILES string of the molecule is CC1(C(=O)NCC(C)(C)S(C)(=O)=O)CCNCC1. The van der Waals surface area contributed by atoms with Gasteiger partial charge in [-0.3, -0.25) is 4.79 Å². The second kappa shape index (κ2) is 5.17. The van der Waals surface area contributed by atoms with Gasteiger partial charge in [-0.05, 0) is 39.8 Å². The van der Waals surface area contributed by atoms with E-state index in [9.17, 15) is 13.2 Å². The largest absolute Gasteiger partial charge is 0.354 e. The Hall–Kier alpha value is -0.620. The highest BCUT2D eigenvalue weighted by molar-refractivity contribution is 7.92. The summed E-state index contributed by atoms with van der Waals surface area (Å²) in [5.74, 6) is -0.0410. The molecule has 0 aliphatic carbocycles. The average molecular weight is 276 g/mol. The van der Waals surface area contributed by atoms with Crippen LogP contribution in [0.4, 0.5) is 0 Å². The number of rotatable bonds is 4. The van der Waals surface area contributed by atoms with Gasteiger partial charge in [-0.2, -0.15) is 0 Å². The maximum atomic E-state index is 12.2. The molecule has 1 rings (SSSR count). The van der Waals surface area contributed by atoms with Crippen molar-refractivity contribution in [3.05, 3.63) is 0 Å². The zero-order valence-electron chi connectivity index (χ0n) is 11.7. The predicted molar refractivity (Wildman–Crippen MR) is 72.1 cm³/mol. The lowest BCUT2D eigenvalue weighted by molar-refractivity contribution is -0.131. The molecule has 0 atom stereocenters. The molecule has 1 amide bonds. The summed E-state index contributed by atoms with van der Waals surface area (Å²) in [5, 5.41) is 6.01. The van der Waals surface area contributed by atoms with E-state index in [2.05, 4.69) is 10.6 Å². The van der Waals surface area contributed by atoms with Gasteiger partial charge in [0.25, 0.3) is 0 Å². The number of sulfone groups is 1. The molecule has 2 N–H and O–H groups in total. The first-order valence-corrected chi connectivity index (χ1v) is 8.16. The van der Waals surface area contributed by atoms with Crippen LogP contribution in [0.1, 0.15) is 33.6 Å². The number of piperidine rings is 1. The molecule has 1 aliphatic rings. The molecule has 18 heavy (non-hydrogen) atoms. The molecular weight excluding hydrogens is 252 g/mol. The van der Waals surface area contributed by atoms with Crippen LogP contribution in [-0.2, 0) is 14.6 Å². The minimum absolute atomic E-state index is 0.0410. The van der Waals surface area contributed by atoms with Crippen LogP contribution < -0.4 is 10.6 Å². The van der Waals surface area contributed by atoms with Crippen molar-refractivity contribution in [3.63, 3.8) is 0 Å². The van der Waals surface area contributed by atoms with Crippen LogP contribution in [0.5, 0.6) is 0 Å². The molecule has 5 nitrogen and oxygen atoms in total. The van der Waals surface area contributed by atoms with Crippen molar-refractivity contribution >= 4 is 15.7 Å². The van der Waals surface area contributed by atoms with Gasteiger partial charge in [-0.25, -0.2) is 8.42 Å². The summed E-state index contributed by atoms with van der Waals surface area (Å²) < 4.78 is 22.2. The van der Waals surface area contributed by atoms with E-state index in [0.717, 1.165) is 25.9 Å². The summed E-state index contributed by atoms with van der Waals surface area (Å²) in [4.78, 5) is 12.2. The van der Waals surface area contributed by atoms with Crippen molar-refractivity contribution in [1.29, 1.82) is 0 Å². The van der Waals surface area contributed by atoms with Gasteiger partial charge in [0.15, 0.2) is 9.84 Å². The van der Waals surface area contributed by atoms with Gasteiger partial charge in [0.1, 0.15) is 0 Å². The van der Waals surface area contributed by atoms with Crippen molar-refractivity contribution in [2.75, 3.05) is 25.9 Å².